The van der Waals surface area contributed by atoms with E-state index < -0.39 is 5.97 Å². The molecular weight excluding hydrogens is 280 g/mol. The molecule has 0 amide bonds. The molecule has 0 bridgehead atoms. The quantitative estimate of drug-likeness (QED) is 0.777. The van der Waals surface area contributed by atoms with Crippen molar-refractivity contribution in [3.8, 4) is 11.4 Å². The lowest BCUT2D eigenvalue weighted by Crippen LogP contribution is -2.07. The van der Waals surface area contributed by atoms with Gasteiger partial charge < -0.3 is 14.7 Å². The number of hydrogen-bond donors (Lipinski definition) is 2. The van der Waals surface area contributed by atoms with E-state index in [2.05, 4.69) is 15.2 Å². The van der Waals surface area contributed by atoms with E-state index in [1.165, 1.54) is 6.07 Å². The summed E-state index contributed by atoms with van der Waals surface area (Å²) >= 11 is 1.12. The Kier molecular flexibility index (Phi) is 4.57. The van der Waals surface area contributed by atoms with Crippen LogP contribution in [-0.2, 0) is 11.3 Å². The second kappa shape index (κ2) is 6.38. The Hall–Kier alpha value is -2.09. The monoisotopic (exact) mass is 294 g/mol. The van der Waals surface area contributed by atoms with Crippen LogP contribution in [0.3, 0.4) is 0 Å². The molecule has 0 atom stereocenters. The Morgan fingerprint density at radius 2 is 2.30 bits per heavy atom. The standard InChI is InChI=1S/C12H14N4O3S/c1-2-5-16-11(8-3-4-13-9(17)6-8)14-15-12(16)20-7-10(18)19/h3-4,6H,2,5,7H2,1H3,(H,13,17)(H,18,19). The minimum absolute atomic E-state index is 0.0722. The van der Waals surface area contributed by atoms with E-state index in [-0.39, 0.29) is 11.3 Å². The molecule has 0 aromatic carbocycles. The van der Waals surface area contributed by atoms with Gasteiger partial charge in [0, 0.05) is 24.4 Å². The highest BCUT2D eigenvalue weighted by Gasteiger charge is 2.15. The fraction of sp³-hybridized carbons (Fsp3) is 0.333. The first kappa shape index (κ1) is 14.3. The maximum atomic E-state index is 11.4. The predicted molar refractivity (Wildman–Crippen MR) is 74.7 cm³/mol. The molecule has 0 unspecified atom stereocenters. The first-order chi connectivity index (χ1) is 9.61. The second-order valence-electron chi connectivity index (χ2n) is 4.08. The SMILES string of the molecule is CCCn1c(SCC(=O)O)nnc1-c1cc[nH]c(=O)c1. The van der Waals surface area contributed by atoms with Crippen molar-refractivity contribution in [1.82, 2.24) is 19.7 Å². The molecule has 0 spiro atoms. The molecule has 2 aromatic heterocycles. The van der Waals surface area contributed by atoms with Crippen molar-refractivity contribution in [2.24, 2.45) is 0 Å². The molecule has 2 aromatic rings. The van der Waals surface area contributed by atoms with Gasteiger partial charge in [0.1, 0.15) is 0 Å². The summed E-state index contributed by atoms with van der Waals surface area (Å²) in [5, 5.41) is 17.4. The number of aromatic nitrogens is 4. The summed E-state index contributed by atoms with van der Waals surface area (Å²) < 4.78 is 1.84. The van der Waals surface area contributed by atoms with Crippen LogP contribution in [0.4, 0.5) is 0 Å². The van der Waals surface area contributed by atoms with Crippen LogP contribution < -0.4 is 5.56 Å². The molecule has 2 heterocycles. The topological polar surface area (TPSA) is 101 Å². The van der Waals surface area contributed by atoms with E-state index in [4.69, 9.17) is 5.11 Å². The Morgan fingerprint density at radius 1 is 1.50 bits per heavy atom. The lowest BCUT2D eigenvalue weighted by atomic mass is 10.2. The summed E-state index contributed by atoms with van der Waals surface area (Å²) in [5.74, 6) is -0.401. The number of carboxylic acids is 1. The van der Waals surface area contributed by atoms with Gasteiger partial charge in [0.15, 0.2) is 11.0 Å². The zero-order chi connectivity index (χ0) is 14.5. The fourth-order valence-electron chi connectivity index (χ4n) is 1.74. The third kappa shape index (κ3) is 3.27. The van der Waals surface area contributed by atoms with Gasteiger partial charge in [-0.15, -0.1) is 10.2 Å². The molecule has 0 saturated carbocycles. The maximum absolute atomic E-state index is 11.4. The van der Waals surface area contributed by atoms with Crippen LogP contribution in [0.1, 0.15) is 13.3 Å². The van der Waals surface area contributed by atoms with Gasteiger partial charge >= 0.3 is 5.97 Å². The highest BCUT2D eigenvalue weighted by atomic mass is 32.2. The number of H-pyrrole nitrogens is 1. The van der Waals surface area contributed by atoms with Crippen molar-refractivity contribution in [3.63, 3.8) is 0 Å². The van der Waals surface area contributed by atoms with E-state index in [0.717, 1.165) is 18.2 Å². The van der Waals surface area contributed by atoms with Gasteiger partial charge in [0.2, 0.25) is 5.56 Å². The minimum atomic E-state index is -0.904. The molecule has 20 heavy (non-hydrogen) atoms. The number of aliphatic carboxylic acids is 1. The Labute approximate surface area is 119 Å². The smallest absolute Gasteiger partial charge is 0.313 e. The van der Waals surface area contributed by atoms with Crippen LogP contribution in [0.2, 0.25) is 0 Å². The molecule has 0 saturated heterocycles. The van der Waals surface area contributed by atoms with Crippen LogP contribution in [-0.4, -0.2) is 36.6 Å². The highest BCUT2D eigenvalue weighted by Crippen LogP contribution is 2.23. The second-order valence-corrected chi connectivity index (χ2v) is 5.02. The molecule has 0 radical (unpaired) electrons. The number of carboxylic acid groups (broad SMARTS) is 1. The van der Waals surface area contributed by atoms with E-state index in [1.54, 1.807) is 12.3 Å². The summed E-state index contributed by atoms with van der Waals surface area (Å²) in [5.41, 5.74) is 0.449. The van der Waals surface area contributed by atoms with Gasteiger partial charge in [-0.3, -0.25) is 9.59 Å². The predicted octanol–water partition coefficient (Wildman–Crippen LogP) is 1.22. The summed E-state index contributed by atoms with van der Waals surface area (Å²) in [6.45, 7) is 2.67. The first-order valence-corrected chi connectivity index (χ1v) is 7.07. The van der Waals surface area contributed by atoms with Gasteiger partial charge in [-0.05, 0) is 12.5 Å². The molecule has 0 fully saturated rings. The summed E-state index contributed by atoms with van der Waals surface area (Å²) in [6, 6.07) is 3.19. The first-order valence-electron chi connectivity index (χ1n) is 6.08. The zero-order valence-electron chi connectivity index (χ0n) is 10.9. The summed E-state index contributed by atoms with van der Waals surface area (Å²) in [6.07, 6.45) is 2.40. The average molecular weight is 294 g/mol. The highest BCUT2D eigenvalue weighted by molar-refractivity contribution is 7.99. The van der Waals surface area contributed by atoms with Crippen LogP contribution in [0.15, 0.2) is 28.3 Å². The van der Waals surface area contributed by atoms with E-state index >= 15 is 0 Å². The molecule has 0 aliphatic rings. The van der Waals surface area contributed by atoms with Crippen LogP contribution in [0, 0.1) is 0 Å². The average Bonchev–Trinajstić information content (AvgIpc) is 2.80. The summed E-state index contributed by atoms with van der Waals surface area (Å²) in [7, 11) is 0. The van der Waals surface area contributed by atoms with E-state index in [1.807, 2.05) is 11.5 Å². The lowest BCUT2D eigenvalue weighted by molar-refractivity contribution is -0.133. The minimum Gasteiger partial charge on any atom is -0.481 e. The number of hydrogen-bond acceptors (Lipinski definition) is 5. The summed E-state index contributed by atoms with van der Waals surface area (Å²) in [4.78, 5) is 24.5. The van der Waals surface area contributed by atoms with Gasteiger partial charge in [0.05, 0.1) is 5.75 Å². The van der Waals surface area contributed by atoms with Crippen molar-refractivity contribution in [3.05, 3.63) is 28.7 Å². The molecule has 8 heteroatoms. The number of carbonyl (C=O) groups is 1. The molecule has 0 aliphatic heterocycles. The molecule has 7 nitrogen and oxygen atoms in total. The van der Waals surface area contributed by atoms with E-state index in [9.17, 15) is 9.59 Å². The van der Waals surface area contributed by atoms with Crippen LogP contribution in [0.25, 0.3) is 11.4 Å². The van der Waals surface area contributed by atoms with Gasteiger partial charge in [-0.25, -0.2) is 0 Å². The van der Waals surface area contributed by atoms with E-state index in [0.29, 0.717) is 23.1 Å². The fourth-order valence-corrected chi connectivity index (χ4v) is 2.43. The third-order valence-electron chi connectivity index (χ3n) is 2.52. The number of nitrogens with zero attached hydrogens (tertiary/aromatic N) is 3. The lowest BCUT2D eigenvalue weighted by Gasteiger charge is -2.07. The van der Waals surface area contributed by atoms with Crippen molar-refractivity contribution in [1.29, 1.82) is 0 Å². The van der Waals surface area contributed by atoms with Crippen LogP contribution >= 0.6 is 11.8 Å². The van der Waals surface area contributed by atoms with Gasteiger partial charge in [-0.2, -0.15) is 0 Å². The number of pyridine rings is 1. The molecular formula is C12H14N4O3S. The number of aromatic amines is 1. The van der Waals surface area contributed by atoms with Crippen LogP contribution in [0.5, 0.6) is 0 Å². The Morgan fingerprint density at radius 3 is 2.95 bits per heavy atom. The normalized spacial score (nSPS) is 10.7. The third-order valence-corrected chi connectivity index (χ3v) is 3.47. The molecule has 0 aliphatic carbocycles. The van der Waals surface area contributed by atoms with Gasteiger partial charge in [-0.1, -0.05) is 18.7 Å². The van der Waals surface area contributed by atoms with Crippen molar-refractivity contribution in [2.45, 2.75) is 25.0 Å². The Bertz CT molecular complexity index is 665. The molecule has 106 valence electrons. The maximum Gasteiger partial charge on any atom is 0.313 e. The van der Waals surface area contributed by atoms with Crippen molar-refractivity contribution < 1.29 is 9.90 Å². The number of nitrogens with one attached hydrogen (secondary N) is 1. The molecule has 2 N–H and O–H groups in total. The van der Waals surface area contributed by atoms with Gasteiger partial charge in [0.25, 0.3) is 0 Å². The molecule has 2 rings (SSSR count). The number of rotatable bonds is 6. The Balaban J connectivity index is 2.38. The largest absolute Gasteiger partial charge is 0.481 e. The van der Waals surface area contributed by atoms with Crippen molar-refractivity contribution >= 4 is 17.7 Å². The van der Waals surface area contributed by atoms with Crippen molar-refractivity contribution in [2.75, 3.05) is 5.75 Å². The zero-order valence-corrected chi connectivity index (χ0v) is 11.7. The number of thioether (sulfide) groups is 1.